The summed E-state index contributed by atoms with van der Waals surface area (Å²) in [6, 6.07) is 1.23. The van der Waals surface area contributed by atoms with Crippen LogP contribution in [0.2, 0.25) is 0 Å². The van der Waals surface area contributed by atoms with Crippen LogP contribution in [0.3, 0.4) is 0 Å². The maximum absolute atomic E-state index is 11.6. The first-order valence-electron chi connectivity index (χ1n) is 4.99. The van der Waals surface area contributed by atoms with Crippen LogP contribution in [0, 0.1) is 0 Å². The summed E-state index contributed by atoms with van der Waals surface area (Å²) < 4.78 is 10.9. The summed E-state index contributed by atoms with van der Waals surface area (Å²) in [4.78, 5) is 29.8. The molecular weight excluding hydrogens is 226 g/mol. The first-order chi connectivity index (χ1) is 8.15. The van der Waals surface area contributed by atoms with Crippen LogP contribution in [0.5, 0.6) is 5.88 Å². The molecule has 0 saturated heterocycles. The summed E-state index contributed by atoms with van der Waals surface area (Å²) in [5.74, 6) is -0.110. The lowest BCUT2D eigenvalue weighted by Crippen LogP contribution is -2.12. The molecule has 1 N–H and O–H groups in total. The minimum atomic E-state index is -0.531. The molecule has 0 unspecified atom stereocenters. The Hall–Kier alpha value is -2.31. The summed E-state index contributed by atoms with van der Waals surface area (Å²) in [6.45, 7) is 1.97. The van der Waals surface area contributed by atoms with Gasteiger partial charge < -0.3 is 14.5 Å². The van der Waals surface area contributed by atoms with E-state index < -0.39 is 5.97 Å². The van der Waals surface area contributed by atoms with Crippen molar-refractivity contribution in [1.29, 1.82) is 0 Å². The van der Waals surface area contributed by atoms with Crippen LogP contribution in [-0.2, 0) is 4.74 Å². The van der Waals surface area contributed by atoms with Crippen LogP contribution < -0.4 is 10.3 Å². The van der Waals surface area contributed by atoms with Crippen molar-refractivity contribution in [2.45, 2.75) is 6.92 Å². The minimum absolute atomic E-state index is 0.171. The molecule has 0 radical (unpaired) electrons. The predicted molar refractivity (Wildman–Crippen MR) is 58.3 cm³/mol. The number of aromatic nitrogens is 3. The summed E-state index contributed by atoms with van der Waals surface area (Å²) in [6.07, 6.45) is 1.35. The van der Waals surface area contributed by atoms with Crippen molar-refractivity contribution < 1.29 is 14.3 Å². The Bertz CT molecular complexity index is 614. The fraction of sp³-hybridized carbons (Fsp3) is 0.300. The number of nitrogens with zero attached hydrogens (tertiary/aromatic N) is 2. The average molecular weight is 237 g/mol. The van der Waals surface area contributed by atoms with Gasteiger partial charge in [0.25, 0.3) is 5.56 Å². The molecule has 2 heterocycles. The molecule has 17 heavy (non-hydrogen) atoms. The Morgan fingerprint density at radius 2 is 2.35 bits per heavy atom. The Balaban J connectivity index is 2.53. The maximum atomic E-state index is 11.6. The number of hydrogen-bond acceptors (Lipinski definition) is 5. The number of hydrogen-bond donors (Lipinski definition) is 1. The van der Waals surface area contributed by atoms with E-state index in [1.54, 1.807) is 6.92 Å². The molecule has 2 aromatic rings. The second-order valence-electron chi connectivity index (χ2n) is 3.22. The molecule has 0 bridgehead atoms. The van der Waals surface area contributed by atoms with Crippen molar-refractivity contribution in [1.82, 2.24) is 14.4 Å². The summed E-state index contributed by atoms with van der Waals surface area (Å²) in [5.41, 5.74) is -0.164. The largest absolute Gasteiger partial charge is 0.481 e. The van der Waals surface area contributed by atoms with Gasteiger partial charge in [-0.3, -0.25) is 9.20 Å². The third-order valence-electron chi connectivity index (χ3n) is 2.14. The van der Waals surface area contributed by atoms with E-state index in [2.05, 4.69) is 9.97 Å². The minimum Gasteiger partial charge on any atom is -0.481 e. The zero-order valence-corrected chi connectivity index (χ0v) is 9.39. The number of nitrogens with one attached hydrogen (secondary N) is 1. The quantitative estimate of drug-likeness (QED) is 0.771. The molecule has 2 aromatic heterocycles. The number of carbonyl (C=O) groups excluding carboxylic acids is 1. The second-order valence-corrected chi connectivity index (χ2v) is 3.22. The van der Waals surface area contributed by atoms with Crippen LogP contribution in [0.1, 0.15) is 17.4 Å². The highest BCUT2D eigenvalue weighted by Crippen LogP contribution is 2.06. The molecule has 7 heteroatoms. The molecule has 0 saturated carbocycles. The van der Waals surface area contributed by atoms with E-state index in [9.17, 15) is 9.59 Å². The molecule has 0 aliphatic rings. The Kier molecular flexibility index (Phi) is 2.82. The Morgan fingerprint density at radius 3 is 3.00 bits per heavy atom. The van der Waals surface area contributed by atoms with Gasteiger partial charge in [0.2, 0.25) is 11.7 Å². The number of imidazole rings is 1. The van der Waals surface area contributed by atoms with Gasteiger partial charge in [-0.05, 0) is 6.92 Å². The first-order valence-corrected chi connectivity index (χ1v) is 4.99. The van der Waals surface area contributed by atoms with Crippen LogP contribution in [0.4, 0.5) is 0 Å². The molecule has 0 amide bonds. The number of H-pyrrole nitrogens is 1. The second kappa shape index (κ2) is 4.28. The SMILES string of the molecule is CCOC(=O)c1cn2c(=O)cc(OC)nc2[nH]1. The molecule has 0 aromatic carbocycles. The number of aromatic amines is 1. The van der Waals surface area contributed by atoms with Gasteiger partial charge in [-0.15, -0.1) is 0 Å². The van der Waals surface area contributed by atoms with Crippen molar-refractivity contribution in [2.75, 3.05) is 13.7 Å². The lowest BCUT2D eigenvalue weighted by molar-refractivity contribution is 0.0520. The van der Waals surface area contributed by atoms with Gasteiger partial charge >= 0.3 is 5.97 Å². The van der Waals surface area contributed by atoms with Gasteiger partial charge in [0.05, 0.1) is 19.8 Å². The summed E-state index contributed by atoms with van der Waals surface area (Å²) in [5, 5.41) is 0. The van der Waals surface area contributed by atoms with E-state index in [0.717, 1.165) is 0 Å². The monoisotopic (exact) mass is 237 g/mol. The zero-order chi connectivity index (χ0) is 12.4. The van der Waals surface area contributed by atoms with Gasteiger partial charge in [-0.2, -0.15) is 4.98 Å². The van der Waals surface area contributed by atoms with Gasteiger partial charge in [0.15, 0.2) is 0 Å². The van der Waals surface area contributed by atoms with E-state index in [1.165, 1.54) is 23.8 Å². The van der Waals surface area contributed by atoms with E-state index in [-0.39, 0.29) is 29.5 Å². The van der Waals surface area contributed by atoms with Crippen LogP contribution in [0.25, 0.3) is 5.78 Å². The average Bonchev–Trinajstić information content (AvgIpc) is 2.73. The molecular formula is C10H11N3O4. The lowest BCUT2D eigenvalue weighted by atomic mass is 10.5. The van der Waals surface area contributed by atoms with Gasteiger partial charge in [0.1, 0.15) is 5.69 Å². The normalized spacial score (nSPS) is 10.5. The van der Waals surface area contributed by atoms with E-state index in [4.69, 9.17) is 9.47 Å². The van der Waals surface area contributed by atoms with Gasteiger partial charge in [-0.25, -0.2) is 4.79 Å². The smallest absolute Gasteiger partial charge is 0.356 e. The fourth-order valence-electron chi connectivity index (χ4n) is 1.38. The lowest BCUT2D eigenvalue weighted by Gasteiger charge is -1.96. The molecule has 0 aliphatic carbocycles. The molecule has 0 aliphatic heterocycles. The van der Waals surface area contributed by atoms with Crippen molar-refractivity contribution in [3.8, 4) is 5.88 Å². The maximum Gasteiger partial charge on any atom is 0.356 e. The Labute approximate surface area is 96.0 Å². The molecule has 90 valence electrons. The number of esters is 1. The molecule has 0 fully saturated rings. The van der Waals surface area contributed by atoms with Crippen LogP contribution in [-0.4, -0.2) is 34.1 Å². The number of fused-ring (bicyclic) bond motifs is 1. The summed E-state index contributed by atoms with van der Waals surface area (Å²) >= 11 is 0. The van der Waals surface area contributed by atoms with E-state index in [0.29, 0.717) is 0 Å². The number of ether oxygens (including phenoxy) is 2. The topological polar surface area (TPSA) is 85.7 Å². The molecule has 0 spiro atoms. The number of carbonyl (C=O) groups is 1. The predicted octanol–water partition coefficient (Wildman–Crippen LogP) is 0.208. The standard InChI is InChI=1S/C10H11N3O4/c1-3-17-9(15)6-5-13-8(14)4-7(16-2)12-10(13)11-6/h4-5H,3H2,1-2H3,(H,11,12). The van der Waals surface area contributed by atoms with Crippen molar-refractivity contribution >= 4 is 11.7 Å². The third kappa shape index (κ3) is 1.99. The van der Waals surface area contributed by atoms with Gasteiger partial charge in [-0.1, -0.05) is 0 Å². The van der Waals surface area contributed by atoms with Crippen molar-refractivity contribution in [3.63, 3.8) is 0 Å². The molecule has 7 nitrogen and oxygen atoms in total. The molecule has 0 atom stereocenters. The van der Waals surface area contributed by atoms with Crippen molar-refractivity contribution in [3.05, 3.63) is 28.3 Å². The molecule has 2 rings (SSSR count). The van der Waals surface area contributed by atoms with Crippen LogP contribution >= 0.6 is 0 Å². The fourth-order valence-corrected chi connectivity index (χ4v) is 1.38. The summed E-state index contributed by atoms with van der Waals surface area (Å²) in [7, 11) is 1.41. The number of rotatable bonds is 3. The van der Waals surface area contributed by atoms with Crippen LogP contribution in [0.15, 0.2) is 17.1 Å². The van der Waals surface area contributed by atoms with E-state index >= 15 is 0 Å². The van der Waals surface area contributed by atoms with Gasteiger partial charge in [0, 0.05) is 6.20 Å². The zero-order valence-electron chi connectivity index (χ0n) is 9.39. The highest BCUT2D eigenvalue weighted by atomic mass is 16.5. The third-order valence-corrected chi connectivity index (χ3v) is 2.14. The number of methoxy groups -OCH3 is 1. The first kappa shape index (κ1) is 11.2. The van der Waals surface area contributed by atoms with E-state index in [1.807, 2.05) is 0 Å². The van der Waals surface area contributed by atoms with Crippen molar-refractivity contribution in [2.24, 2.45) is 0 Å². The highest BCUT2D eigenvalue weighted by Gasteiger charge is 2.12. The highest BCUT2D eigenvalue weighted by molar-refractivity contribution is 5.87. The Morgan fingerprint density at radius 1 is 1.59 bits per heavy atom.